The van der Waals surface area contributed by atoms with E-state index in [1.165, 1.54) is 4.31 Å². The molecule has 5 rings (SSSR count). The van der Waals surface area contributed by atoms with E-state index in [-0.39, 0.29) is 23.1 Å². The lowest BCUT2D eigenvalue weighted by Crippen LogP contribution is -2.46. The first-order chi connectivity index (χ1) is 16.3. The molecule has 6 nitrogen and oxygen atoms in total. The lowest BCUT2D eigenvalue weighted by Gasteiger charge is -2.39. The number of carbonyl (C=O) groups is 1. The van der Waals surface area contributed by atoms with E-state index in [2.05, 4.69) is 0 Å². The Bertz CT molecular complexity index is 1360. The number of benzene rings is 3. The van der Waals surface area contributed by atoms with Crippen LogP contribution in [0.4, 0.5) is 0 Å². The normalized spacial score (nSPS) is 20.0. The predicted octanol–water partition coefficient (Wildman–Crippen LogP) is 4.35. The quantitative estimate of drug-likeness (QED) is 0.559. The second-order valence-electron chi connectivity index (χ2n) is 8.86. The molecule has 7 heteroatoms. The number of Topliss-reactive ketones (excluding diaryl/α,β-unsaturated/α-hetero) is 1. The molecule has 1 aliphatic heterocycles. The molecule has 3 aromatic carbocycles. The average molecular weight is 478 g/mol. The third kappa shape index (κ3) is 3.60. The lowest BCUT2D eigenvalue weighted by atomic mass is 9.74. The zero-order valence-electron chi connectivity index (χ0n) is 19.4. The molecule has 0 spiro atoms. The molecule has 0 saturated heterocycles. The third-order valence-electron chi connectivity index (χ3n) is 6.97. The van der Waals surface area contributed by atoms with Crippen LogP contribution in [0.15, 0.2) is 65.6 Å². The van der Waals surface area contributed by atoms with Gasteiger partial charge in [0.15, 0.2) is 17.3 Å². The average Bonchev–Trinajstić information content (AvgIpc) is 2.98. The zero-order chi connectivity index (χ0) is 24.0. The van der Waals surface area contributed by atoms with Gasteiger partial charge in [-0.1, -0.05) is 42.0 Å². The van der Waals surface area contributed by atoms with Gasteiger partial charge >= 0.3 is 0 Å². The summed E-state index contributed by atoms with van der Waals surface area (Å²) in [6.45, 7) is 1.73. The molecule has 176 valence electrons. The van der Waals surface area contributed by atoms with Crippen molar-refractivity contribution >= 4 is 15.8 Å². The molecule has 0 amide bonds. The third-order valence-corrected chi connectivity index (χ3v) is 8.85. The summed E-state index contributed by atoms with van der Waals surface area (Å²) in [5.41, 5.74) is 4.45. The van der Waals surface area contributed by atoms with E-state index in [0.717, 1.165) is 22.3 Å². The van der Waals surface area contributed by atoms with Gasteiger partial charge in [-0.05, 0) is 60.7 Å². The molecule has 1 heterocycles. The maximum atomic E-state index is 13.9. The number of nitrogens with zero attached hydrogens (tertiary/aromatic N) is 1. The largest absolute Gasteiger partial charge is 0.493 e. The molecule has 3 aromatic rings. The highest BCUT2D eigenvalue weighted by Gasteiger charge is 2.45. The fraction of sp³-hybridized carbons (Fsp3) is 0.296. The van der Waals surface area contributed by atoms with Gasteiger partial charge in [-0.15, -0.1) is 0 Å². The van der Waals surface area contributed by atoms with Crippen molar-refractivity contribution in [3.05, 3.63) is 88.5 Å². The Hall–Kier alpha value is -3.16. The summed E-state index contributed by atoms with van der Waals surface area (Å²) in [6.07, 6.45) is 1.27. The van der Waals surface area contributed by atoms with Crippen molar-refractivity contribution in [3.63, 3.8) is 0 Å². The monoisotopic (exact) mass is 477 g/mol. The maximum absolute atomic E-state index is 13.9. The van der Waals surface area contributed by atoms with Gasteiger partial charge in [0.05, 0.1) is 25.7 Å². The van der Waals surface area contributed by atoms with Crippen molar-refractivity contribution in [2.45, 2.75) is 36.6 Å². The predicted molar refractivity (Wildman–Crippen MR) is 129 cm³/mol. The molecule has 0 radical (unpaired) electrons. The van der Waals surface area contributed by atoms with Crippen LogP contribution >= 0.6 is 0 Å². The van der Waals surface area contributed by atoms with Crippen LogP contribution in [0.25, 0.3) is 0 Å². The minimum absolute atomic E-state index is 0.184. The Morgan fingerprint density at radius 2 is 1.59 bits per heavy atom. The first-order valence-electron chi connectivity index (χ1n) is 11.3. The van der Waals surface area contributed by atoms with Crippen molar-refractivity contribution in [2.75, 3.05) is 20.8 Å². The first kappa shape index (κ1) is 22.6. The minimum atomic E-state index is -3.90. The van der Waals surface area contributed by atoms with E-state index in [0.29, 0.717) is 29.9 Å². The van der Waals surface area contributed by atoms with Gasteiger partial charge in [0, 0.05) is 17.5 Å². The number of ether oxygens (including phenoxy) is 2. The van der Waals surface area contributed by atoms with Crippen molar-refractivity contribution < 1.29 is 22.7 Å². The summed E-state index contributed by atoms with van der Waals surface area (Å²) in [5, 5.41) is 0. The first-order valence-corrected chi connectivity index (χ1v) is 12.7. The summed E-state index contributed by atoms with van der Waals surface area (Å²) in [4.78, 5) is 13.6. The van der Waals surface area contributed by atoms with Crippen molar-refractivity contribution in [2.24, 2.45) is 0 Å². The topological polar surface area (TPSA) is 72.9 Å². The van der Waals surface area contributed by atoms with Gasteiger partial charge < -0.3 is 9.47 Å². The number of aryl methyl sites for hydroxylation is 2. The van der Waals surface area contributed by atoms with Gasteiger partial charge in [0.2, 0.25) is 10.0 Å². The van der Waals surface area contributed by atoms with Gasteiger partial charge in [0.1, 0.15) is 0 Å². The van der Waals surface area contributed by atoms with Crippen LogP contribution in [0, 0.1) is 6.92 Å². The number of ketones is 1. The molecule has 0 saturated carbocycles. The van der Waals surface area contributed by atoms with Crippen LogP contribution in [0.3, 0.4) is 0 Å². The fourth-order valence-electron chi connectivity index (χ4n) is 5.28. The Morgan fingerprint density at radius 1 is 0.912 bits per heavy atom. The molecule has 0 N–H and O–H groups in total. The molecule has 0 bridgehead atoms. The van der Waals surface area contributed by atoms with Crippen molar-refractivity contribution in [1.82, 2.24) is 4.31 Å². The molecule has 1 aliphatic carbocycles. The Balaban J connectivity index is 1.72. The van der Waals surface area contributed by atoms with Crippen LogP contribution in [0.2, 0.25) is 0 Å². The number of carbonyl (C=O) groups excluding carboxylic acids is 1. The van der Waals surface area contributed by atoms with E-state index >= 15 is 0 Å². The van der Waals surface area contributed by atoms with Crippen LogP contribution in [0.5, 0.6) is 11.5 Å². The Morgan fingerprint density at radius 3 is 2.29 bits per heavy atom. The fourth-order valence-corrected chi connectivity index (χ4v) is 6.90. The van der Waals surface area contributed by atoms with E-state index in [1.807, 2.05) is 37.3 Å². The SMILES string of the molecule is COc1cc2c(cc1OC)[C@H]1c3ccccc3C(=O)CN(S(=O)(=O)c3ccc(C)cc3)[C@@H]1CC2. The number of hydrogen-bond donors (Lipinski definition) is 0. The summed E-state index contributed by atoms with van der Waals surface area (Å²) in [6, 6.07) is 17.8. The van der Waals surface area contributed by atoms with Gasteiger partial charge in [0.25, 0.3) is 0 Å². The summed E-state index contributed by atoms with van der Waals surface area (Å²) < 4.78 is 40.2. The van der Waals surface area contributed by atoms with Crippen molar-refractivity contribution in [3.8, 4) is 11.5 Å². The molecule has 0 fully saturated rings. The highest BCUT2D eigenvalue weighted by molar-refractivity contribution is 7.89. The maximum Gasteiger partial charge on any atom is 0.243 e. The minimum Gasteiger partial charge on any atom is -0.493 e. The lowest BCUT2D eigenvalue weighted by molar-refractivity contribution is 0.0957. The second-order valence-corrected chi connectivity index (χ2v) is 10.8. The zero-order valence-corrected chi connectivity index (χ0v) is 20.3. The summed E-state index contributed by atoms with van der Waals surface area (Å²) >= 11 is 0. The van der Waals surface area contributed by atoms with Crippen LogP contribution in [-0.2, 0) is 16.4 Å². The molecular formula is C27H27NO5S. The summed E-state index contributed by atoms with van der Waals surface area (Å²) in [5.74, 6) is 0.735. The highest BCUT2D eigenvalue weighted by atomic mass is 32.2. The molecular weight excluding hydrogens is 450 g/mol. The van der Waals surface area contributed by atoms with E-state index in [9.17, 15) is 13.2 Å². The Labute approximate surface area is 200 Å². The standard InChI is InChI=1S/C27H27NO5S/c1-17-8-11-19(12-9-17)34(30,31)28-16-24(29)20-6-4-5-7-21(20)27-22-15-26(33-3)25(32-2)14-18(22)10-13-23(27)28/h4-9,11-12,14-15,23,27H,10,13,16H2,1-3H3/t23-,27-/m1/s1. The molecule has 2 aliphatic rings. The van der Waals surface area contributed by atoms with Crippen LogP contribution in [-0.4, -0.2) is 45.3 Å². The molecule has 0 aromatic heterocycles. The van der Waals surface area contributed by atoms with Crippen molar-refractivity contribution in [1.29, 1.82) is 0 Å². The van der Waals surface area contributed by atoms with Crippen LogP contribution in [0.1, 0.15) is 45.0 Å². The number of sulfonamides is 1. The number of fused-ring (bicyclic) bond motifs is 5. The van der Waals surface area contributed by atoms with E-state index in [4.69, 9.17) is 9.47 Å². The van der Waals surface area contributed by atoms with E-state index in [1.54, 1.807) is 44.6 Å². The molecule has 0 unspecified atom stereocenters. The highest BCUT2D eigenvalue weighted by Crippen LogP contribution is 2.47. The summed E-state index contributed by atoms with van der Waals surface area (Å²) in [7, 11) is -0.709. The Kier molecular flexibility index (Phi) is 5.70. The van der Waals surface area contributed by atoms with Gasteiger partial charge in [-0.3, -0.25) is 4.79 Å². The second kappa shape index (κ2) is 8.56. The van der Waals surface area contributed by atoms with Gasteiger partial charge in [-0.25, -0.2) is 8.42 Å². The smallest absolute Gasteiger partial charge is 0.243 e. The molecule has 34 heavy (non-hydrogen) atoms. The number of methoxy groups -OCH3 is 2. The van der Waals surface area contributed by atoms with E-state index < -0.39 is 16.1 Å². The van der Waals surface area contributed by atoms with Gasteiger partial charge in [-0.2, -0.15) is 4.31 Å². The number of rotatable bonds is 4. The van der Waals surface area contributed by atoms with Crippen LogP contribution < -0.4 is 9.47 Å². The number of hydrogen-bond acceptors (Lipinski definition) is 5. The molecule has 2 atom stereocenters.